The number of benzene rings is 2. The first-order valence-electron chi connectivity index (χ1n) is 6.63. The van der Waals surface area contributed by atoms with E-state index < -0.39 is 0 Å². The number of nitrogens with one attached hydrogen (secondary N) is 1. The smallest absolute Gasteiger partial charge is 0.277 e. The summed E-state index contributed by atoms with van der Waals surface area (Å²) in [7, 11) is 1.57. The van der Waals surface area contributed by atoms with Crippen molar-refractivity contribution >= 4 is 39.7 Å². The molecule has 0 spiro atoms. The van der Waals surface area contributed by atoms with Crippen LogP contribution in [0.1, 0.15) is 5.56 Å². The first kappa shape index (κ1) is 17.3. The van der Waals surface area contributed by atoms with E-state index in [4.69, 9.17) is 21.1 Å². The highest BCUT2D eigenvalue weighted by Gasteiger charge is 2.05. The Balaban J connectivity index is 1.86. The summed E-state index contributed by atoms with van der Waals surface area (Å²) in [6.45, 7) is -0.163. The molecule has 2 aromatic carbocycles. The van der Waals surface area contributed by atoms with Gasteiger partial charge in [-0.05, 0) is 46.3 Å². The number of hydrogen-bond acceptors (Lipinski definition) is 4. The van der Waals surface area contributed by atoms with Crippen LogP contribution in [0.25, 0.3) is 0 Å². The van der Waals surface area contributed by atoms with Crippen LogP contribution in [0.5, 0.6) is 11.5 Å². The van der Waals surface area contributed by atoms with Crippen molar-refractivity contribution < 1.29 is 14.3 Å². The predicted octanol–water partition coefficient (Wildman–Crippen LogP) is 3.64. The van der Waals surface area contributed by atoms with Crippen LogP contribution < -0.4 is 14.9 Å². The fourth-order valence-electron chi connectivity index (χ4n) is 1.71. The minimum Gasteiger partial charge on any atom is -0.496 e. The number of hydrogen-bond donors (Lipinski definition) is 1. The zero-order valence-electron chi connectivity index (χ0n) is 12.3. The minimum atomic E-state index is -0.377. The fourth-order valence-corrected chi connectivity index (χ4v) is 2.51. The Bertz CT molecular complexity index is 722. The van der Waals surface area contributed by atoms with E-state index in [1.807, 2.05) is 24.3 Å². The van der Waals surface area contributed by atoms with Gasteiger partial charge >= 0.3 is 0 Å². The third-order valence-electron chi connectivity index (χ3n) is 2.78. The van der Waals surface area contributed by atoms with Crippen LogP contribution in [0.4, 0.5) is 0 Å². The van der Waals surface area contributed by atoms with Crippen LogP contribution in [0.3, 0.4) is 0 Å². The first-order valence-corrected chi connectivity index (χ1v) is 7.80. The van der Waals surface area contributed by atoms with Gasteiger partial charge in [0.05, 0.1) is 17.8 Å². The van der Waals surface area contributed by atoms with Crippen molar-refractivity contribution in [2.75, 3.05) is 13.7 Å². The number of carbonyl (C=O) groups excluding carboxylic acids is 1. The molecule has 0 aromatic heterocycles. The van der Waals surface area contributed by atoms with Crippen molar-refractivity contribution in [3.63, 3.8) is 0 Å². The molecule has 0 unspecified atom stereocenters. The molecular weight excluding hydrogens is 384 g/mol. The van der Waals surface area contributed by atoms with Crippen LogP contribution in [0.2, 0.25) is 5.02 Å². The van der Waals surface area contributed by atoms with Crippen molar-refractivity contribution in [2.45, 2.75) is 0 Å². The number of methoxy groups -OCH3 is 1. The number of carbonyl (C=O) groups is 1. The summed E-state index contributed by atoms with van der Waals surface area (Å²) in [5.74, 6) is 0.822. The van der Waals surface area contributed by atoms with E-state index in [1.54, 1.807) is 25.3 Å². The normalized spacial score (nSPS) is 10.6. The van der Waals surface area contributed by atoms with Gasteiger partial charge in [-0.3, -0.25) is 4.79 Å². The maximum absolute atomic E-state index is 11.7. The molecule has 0 aliphatic carbocycles. The molecule has 120 valence electrons. The molecule has 1 amide bonds. The van der Waals surface area contributed by atoms with Gasteiger partial charge in [0.15, 0.2) is 6.61 Å². The molecule has 0 aliphatic heterocycles. The first-order chi connectivity index (χ1) is 11.1. The van der Waals surface area contributed by atoms with Crippen molar-refractivity contribution in [1.29, 1.82) is 0 Å². The van der Waals surface area contributed by atoms with Gasteiger partial charge in [0.25, 0.3) is 5.91 Å². The standard InChI is InChI=1S/C16H14BrClN2O3/c1-22-14-5-3-2-4-11(14)9-19-20-16(21)10-23-15-7-6-12(18)8-13(15)17/h2-9H,10H2,1H3,(H,20,21). The maximum atomic E-state index is 11.7. The lowest BCUT2D eigenvalue weighted by atomic mass is 10.2. The zero-order valence-corrected chi connectivity index (χ0v) is 14.6. The number of hydrazone groups is 1. The van der Waals surface area contributed by atoms with E-state index in [-0.39, 0.29) is 12.5 Å². The largest absolute Gasteiger partial charge is 0.496 e. The zero-order chi connectivity index (χ0) is 16.7. The molecule has 5 nitrogen and oxygen atoms in total. The highest BCUT2D eigenvalue weighted by molar-refractivity contribution is 9.10. The summed E-state index contributed by atoms with van der Waals surface area (Å²) in [5, 5.41) is 4.46. The maximum Gasteiger partial charge on any atom is 0.277 e. The molecule has 0 saturated heterocycles. The van der Waals surface area contributed by atoms with E-state index in [0.717, 1.165) is 5.56 Å². The molecule has 2 aromatic rings. The lowest BCUT2D eigenvalue weighted by Gasteiger charge is -2.07. The van der Waals surface area contributed by atoms with Gasteiger partial charge in [0.2, 0.25) is 0 Å². The molecule has 7 heteroatoms. The lowest BCUT2D eigenvalue weighted by Crippen LogP contribution is -2.24. The topological polar surface area (TPSA) is 59.9 Å². The third kappa shape index (κ3) is 5.26. The monoisotopic (exact) mass is 396 g/mol. The Labute approximate surface area is 147 Å². The summed E-state index contributed by atoms with van der Waals surface area (Å²) < 4.78 is 11.2. The third-order valence-corrected chi connectivity index (χ3v) is 3.64. The van der Waals surface area contributed by atoms with E-state index >= 15 is 0 Å². The van der Waals surface area contributed by atoms with Crippen molar-refractivity contribution in [3.8, 4) is 11.5 Å². The molecule has 0 aliphatic rings. The summed E-state index contributed by atoms with van der Waals surface area (Å²) in [6, 6.07) is 12.4. The Morgan fingerprint density at radius 3 is 2.83 bits per heavy atom. The number of halogens is 2. The van der Waals surface area contributed by atoms with E-state index in [0.29, 0.717) is 21.0 Å². The Hall–Kier alpha value is -2.05. The van der Waals surface area contributed by atoms with Crippen LogP contribution in [0, 0.1) is 0 Å². The number of amides is 1. The highest BCUT2D eigenvalue weighted by Crippen LogP contribution is 2.27. The SMILES string of the molecule is COc1ccccc1C=NNC(=O)COc1ccc(Cl)cc1Br. The molecule has 0 saturated carbocycles. The molecule has 2 rings (SSSR count). The van der Waals surface area contributed by atoms with Crippen molar-refractivity contribution in [1.82, 2.24) is 5.43 Å². The molecule has 0 radical (unpaired) electrons. The predicted molar refractivity (Wildman–Crippen MR) is 93.4 cm³/mol. The fraction of sp³-hybridized carbons (Fsp3) is 0.125. The molecule has 0 fully saturated rings. The van der Waals surface area contributed by atoms with Gasteiger partial charge < -0.3 is 9.47 Å². The number of rotatable bonds is 6. The summed E-state index contributed by atoms with van der Waals surface area (Å²) in [4.78, 5) is 11.7. The minimum absolute atomic E-state index is 0.163. The highest BCUT2D eigenvalue weighted by atomic mass is 79.9. The molecule has 0 bridgehead atoms. The number of para-hydroxylation sites is 1. The Morgan fingerprint density at radius 2 is 2.09 bits per heavy atom. The second-order valence-electron chi connectivity index (χ2n) is 4.40. The van der Waals surface area contributed by atoms with E-state index in [1.165, 1.54) is 6.21 Å². The summed E-state index contributed by atoms with van der Waals surface area (Å²) >= 11 is 9.15. The number of ether oxygens (including phenoxy) is 2. The van der Waals surface area contributed by atoms with E-state index in [9.17, 15) is 4.79 Å². The Kier molecular flexibility index (Phi) is 6.43. The van der Waals surface area contributed by atoms with Gasteiger partial charge in [-0.2, -0.15) is 5.10 Å². The molecule has 0 heterocycles. The van der Waals surface area contributed by atoms with Gasteiger partial charge in [-0.15, -0.1) is 0 Å². The molecular formula is C16H14BrClN2O3. The van der Waals surface area contributed by atoms with Crippen LogP contribution in [-0.2, 0) is 4.79 Å². The van der Waals surface area contributed by atoms with E-state index in [2.05, 4.69) is 26.5 Å². The number of nitrogens with zero attached hydrogens (tertiary/aromatic N) is 1. The van der Waals surface area contributed by atoms with Crippen LogP contribution in [-0.4, -0.2) is 25.8 Å². The van der Waals surface area contributed by atoms with Gasteiger partial charge in [0, 0.05) is 10.6 Å². The van der Waals surface area contributed by atoms with Gasteiger partial charge in [-0.1, -0.05) is 23.7 Å². The second-order valence-corrected chi connectivity index (χ2v) is 5.69. The molecule has 0 atom stereocenters. The second kappa shape index (κ2) is 8.55. The summed E-state index contributed by atoms with van der Waals surface area (Å²) in [6.07, 6.45) is 1.51. The van der Waals surface area contributed by atoms with Crippen molar-refractivity contribution in [2.24, 2.45) is 5.10 Å². The van der Waals surface area contributed by atoms with Gasteiger partial charge in [0.1, 0.15) is 11.5 Å². The van der Waals surface area contributed by atoms with Gasteiger partial charge in [-0.25, -0.2) is 5.43 Å². The molecule has 23 heavy (non-hydrogen) atoms. The summed E-state index contributed by atoms with van der Waals surface area (Å²) in [5.41, 5.74) is 3.15. The average Bonchev–Trinajstić information content (AvgIpc) is 2.54. The average molecular weight is 398 g/mol. The quantitative estimate of drug-likeness (QED) is 0.598. The van der Waals surface area contributed by atoms with Crippen LogP contribution in [0.15, 0.2) is 52.0 Å². The van der Waals surface area contributed by atoms with Crippen LogP contribution >= 0.6 is 27.5 Å². The Morgan fingerprint density at radius 1 is 1.30 bits per heavy atom. The molecule has 1 N–H and O–H groups in total. The lowest BCUT2D eigenvalue weighted by molar-refractivity contribution is -0.123. The van der Waals surface area contributed by atoms with Crippen molar-refractivity contribution in [3.05, 3.63) is 57.5 Å².